The van der Waals surface area contributed by atoms with Crippen LogP contribution in [0.2, 0.25) is 0 Å². The SMILES string of the molecule is COCC(=O)N(CCCN(C)C)[C@@H](c1nc(-c2cccc(F)c2)cn1Cc1cccc(F)c1)C(C)(C)C. The number of nitrogens with zero attached hydrogens (tertiary/aromatic N) is 4. The second-order valence-electron chi connectivity index (χ2n) is 10.7. The molecule has 6 nitrogen and oxygen atoms in total. The molecule has 0 aliphatic carbocycles. The third kappa shape index (κ3) is 7.69. The molecule has 1 atom stereocenters. The van der Waals surface area contributed by atoms with Gasteiger partial charge in [-0.1, -0.05) is 45.0 Å². The molecule has 0 aliphatic heterocycles. The molecule has 1 heterocycles. The number of benzene rings is 2. The lowest BCUT2D eigenvalue weighted by Gasteiger charge is -2.40. The molecule has 8 heteroatoms. The van der Waals surface area contributed by atoms with Crippen LogP contribution in [0.1, 0.15) is 44.6 Å². The molecule has 37 heavy (non-hydrogen) atoms. The number of ether oxygens (including phenoxy) is 1. The lowest BCUT2D eigenvalue weighted by atomic mass is 9.84. The van der Waals surface area contributed by atoms with E-state index in [4.69, 9.17) is 9.72 Å². The van der Waals surface area contributed by atoms with Crippen molar-refractivity contribution in [3.63, 3.8) is 0 Å². The first-order valence-corrected chi connectivity index (χ1v) is 12.5. The minimum absolute atomic E-state index is 0.0457. The Morgan fingerprint density at radius 1 is 1.05 bits per heavy atom. The van der Waals surface area contributed by atoms with Gasteiger partial charge >= 0.3 is 0 Å². The van der Waals surface area contributed by atoms with Gasteiger partial charge in [0.25, 0.3) is 0 Å². The van der Waals surface area contributed by atoms with Gasteiger partial charge in [-0.2, -0.15) is 0 Å². The van der Waals surface area contributed by atoms with Gasteiger partial charge in [0, 0.05) is 32.0 Å². The third-order valence-corrected chi connectivity index (χ3v) is 6.14. The molecule has 3 aromatic rings. The molecule has 0 saturated carbocycles. The Labute approximate surface area is 218 Å². The Morgan fingerprint density at radius 3 is 2.32 bits per heavy atom. The quantitative estimate of drug-likeness (QED) is 0.346. The number of rotatable bonds is 11. The summed E-state index contributed by atoms with van der Waals surface area (Å²) < 4.78 is 35.3. The summed E-state index contributed by atoms with van der Waals surface area (Å²) >= 11 is 0. The normalized spacial score (nSPS) is 12.7. The smallest absolute Gasteiger partial charge is 0.249 e. The largest absolute Gasteiger partial charge is 0.375 e. The van der Waals surface area contributed by atoms with Crippen LogP contribution in [0.15, 0.2) is 54.7 Å². The fraction of sp³-hybridized carbons (Fsp3) is 0.448. The van der Waals surface area contributed by atoms with Crippen LogP contribution in [0.3, 0.4) is 0 Å². The highest BCUT2D eigenvalue weighted by Crippen LogP contribution is 2.39. The number of hydrogen-bond donors (Lipinski definition) is 0. The van der Waals surface area contributed by atoms with Crippen LogP contribution in [-0.4, -0.2) is 66.2 Å². The Bertz CT molecular complexity index is 1190. The average Bonchev–Trinajstić information content (AvgIpc) is 3.20. The molecule has 0 N–H and O–H groups in total. The minimum Gasteiger partial charge on any atom is -0.375 e. The van der Waals surface area contributed by atoms with Gasteiger partial charge in [-0.25, -0.2) is 13.8 Å². The van der Waals surface area contributed by atoms with Crippen LogP contribution >= 0.6 is 0 Å². The first-order valence-electron chi connectivity index (χ1n) is 12.5. The topological polar surface area (TPSA) is 50.6 Å². The molecule has 0 unspecified atom stereocenters. The minimum atomic E-state index is -0.409. The summed E-state index contributed by atoms with van der Waals surface area (Å²) in [5, 5.41) is 0. The van der Waals surface area contributed by atoms with E-state index in [0.29, 0.717) is 30.2 Å². The van der Waals surface area contributed by atoms with Gasteiger partial charge in [0.05, 0.1) is 11.7 Å². The fourth-order valence-corrected chi connectivity index (χ4v) is 4.55. The maximum Gasteiger partial charge on any atom is 0.249 e. The van der Waals surface area contributed by atoms with Gasteiger partial charge in [-0.3, -0.25) is 4.79 Å². The molecule has 1 aromatic heterocycles. The molecule has 0 radical (unpaired) electrons. The first kappa shape index (κ1) is 28.5. The number of amides is 1. The molecular formula is C29H38F2N4O2. The van der Waals surface area contributed by atoms with Crippen molar-refractivity contribution >= 4 is 5.91 Å². The lowest BCUT2D eigenvalue weighted by Crippen LogP contribution is -2.45. The van der Waals surface area contributed by atoms with E-state index in [0.717, 1.165) is 18.5 Å². The van der Waals surface area contributed by atoms with Crippen LogP contribution in [-0.2, 0) is 16.1 Å². The molecule has 0 aliphatic rings. The fourth-order valence-electron chi connectivity index (χ4n) is 4.55. The molecule has 3 rings (SSSR count). The van der Waals surface area contributed by atoms with Gasteiger partial charge in [0.1, 0.15) is 24.1 Å². The number of carbonyl (C=O) groups excluding carboxylic acids is 1. The van der Waals surface area contributed by atoms with Crippen molar-refractivity contribution in [3.05, 3.63) is 77.8 Å². The Balaban J connectivity index is 2.15. The van der Waals surface area contributed by atoms with Crippen molar-refractivity contribution < 1.29 is 18.3 Å². The molecule has 0 spiro atoms. The molecule has 0 fully saturated rings. The highest BCUT2D eigenvalue weighted by Gasteiger charge is 2.38. The highest BCUT2D eigenvalue weighted by atomic mass is 19.1. The van der Waals surface area contributed by atoms with Crippen molar-refractivity contribution in [3.8, 4) is 11.3 Å². The molecule has 2 aromatic carbocycles. The van der Waals surface area contributed by atoms with E-state index in [2.05, 4.69) is 25.7 Å². The maximum absolute atomic E-state index is 14.1. The summed E-state index contributed by atoms with van der Waals surface area (Å²) in [4.78, 5) is 22.3. The summed E-state index contributed by atoms with van der Waals surface area (Å²) in [6.07, 6.45) is 2.63. The van der Waals surface area contributed by atoms with Crippen molar-refractivity contribution in [1.29, 1.82) is 0 Å². The second kappa shape index (κ2) is 12.4. The zero-order chi connectivity index (χ0) is 27.2. The van der Waals surface area contributed by atoms with E-state index in [9.17, 15) is 13.6 Å². The van der Waals surface area contributed by atoms with Crippen molar-refractivity contribution in [1.82, 2.24) is 19.4 Å². The van der Waals surface area contributed by atoms with E-state index in [-0.39, 0.29) is 24.1 Å². The van der Waals surface area contributed by atoms with Crippen molar-refractivity contribution in [2.45, 2.75) is 39.8 Å². The van der Waals surface area contributed by atoms with E-state index >= 15 is 0 Å². The second-order valence-corrected chi connectivity index (χ2v) is 10.7. The standard InChI is InChI=1S/C29H38F2N4O2/c1-29(2,3)27(35(26(36)20-37-6)15-9-14-33(4)5)28-32-25(22-11-8-13-24(31)17-22)19-34(28)18-21-10-7-12-23(30)16-21/h7-8,10-13,16-17,19,27H,9,14-15,18,20H2,1-6H3/t27-/m0/s1. The third-order valence-electron chi connectivity index (χ3n) is 6.14. The Morgan fingerprint density at radius 2 is 1.73 bits per heavy atom. The predicted molar refractivity (Wildman–Crippen MR) is 142 cm³/mol. The average molecular weight is 513 g/mol. The summed E-state index contributed by atoms with van der Waals surface area (Å²) in [7, 11) is 5.51. The molecule has 0 saturated heterocycles. The number of hydrogen-bond acceptors (Lipinski definition) is 4. The number of aromatic nitrogens is 2. The number of carbonyl (C=O) groups is 1. The van der Waals surface area contributed by atoms with Gasteiger partial charge in [0.15, 0.2) is 0 Å². The van der Waals surface area contributed by atoms with Gasteiger partial charge < -0.3 is 19.1 Å². The summed E-state index contributed by atoms with van der Waals surface area (Å²) in [5.41, 5.74) is 1.59. The maximum atomic E-state index is 14.1. The molecule has 200 valence electrons. The van der Waals surface area contributed by atoms with Gasteiger partial charge in [-0.05, 0) is 62.3 Å². The van der Waals surface area contributed by atoms with Crippen molar-refractivity contribution in [2.24, 2.45) is 5.41 Å². The van der Waals surface area contributed by atoms with Crippen molar-refractivity contribution in [2.75, 3.05) is 40.9 Å². The summed E-state index contributed by atoms with van der Waals surface area (Å²) in [6.45, 7) is 7.85. The summed E-state index contributed by atoms with van der Waals surface area (Å²) in [5.74, 6) is -0.150. The number of halogens is 2. The zero-order valence-corrected chi connectivity index (χ0v) is 22.7. The van der Waals surface area contributed by atoms with Crippen LogP contribution in [0, 0.1) is 17.0 Å². The monoisotopic (exact) mass is 512 g/mol. The summed E-state index contributed by atoms with van der Waals surface area (Å²) in [6, 6.07) is 12.3. The van der Waals surface area contributed by atoms with E-state index < -0.39 is 11.5 Å². The predicted octanol–water partition coefficient (Wildman–Crippen LogP) is 5.39. The Hall–Kier alpha value is -3.10. The van der Waals surface area contributed by atoms with Gasteiger partial charge in [0.2, 0.25) is 5.91 Å². The number of methoxy groups -OCH3 is 1. The molecule has 0 bridgehead atoms. The van der Waals surface area contributed by atoms with Crippen LogP contribution in [0.25, 0.3) is 11.3 Å². The van der Waals surface area contributed by atoms with Crippen LogP contribution < -0.4 is 0 Å². The van der Waals surface area contributed by atoms with Crippen LogP contribution in [0.5, 0.6) is 0 Å². The molecular weight excluding hydrogens is 474 g/mol. The number of imidazole rings is 1. The van der Waals surface area contributed by atoms with Gasteiger partial charge in [-0.15, -0.1) is 0 Å². The van der Waals surface area contributed by atoms with E-state index in [1.807, 2.05) is 35.8 Å². The lowest BCUT2D eigenvalue weighted by molar-refractivity contribution is -0.140. The molecule has 1 amide bonds. The van der Waals surface area contributed by atoms with E-state index in [1.165, 1.54) is 31.4 Å². The van der Waals surface area contributed by atoms with E-state index in [1.54, 1.807) is 18.2 Å². The zero-order valence-electron chi connectivity index (χ0n) is 22.7. The first-order chi connectivity index (χ1) is 17.5. The Kier molecular flexibility index (Phi) is 9.56. The highest BCUT2D eigenvalue weighted by molar-refractivity contribution is 5.78. The van der Waals surface area contributed by atoms with Crippen LogP contribution in [0.4, 0.5) is 8.78 Å².